The molecule has 2 heterocycles. The maximum atomic E-state index is 6.08. The van der Waals surface area contributed by atoms with Crippen molar-refractivity contribution in [1.29, 1.82) is 0 Å². The monoisotopic (exact) mass is 206 g/mol. The summed E-state index contributed by atoms with van der Waals surface area (Å²) in [7, 11) is 0. The van der Waals surface area contributed by atoms with Crippen LogP contribution in [0.5, 0.6) is 0 Å². The lowest BCUT2D eigenvalue weighted by molar-refractivity contribution is 0.496. The molecule has 4 nitrogen and oxygen atoms in total. The van der Waals surface area contributed by atoms with E-state index in [0.717, 1.165) is 31.6 Å². The van der Waals surface area contributed by atoms with Crippen molar-refractivity contribution in [2.75, 3.05) is 0 Å². The van der Waals surface area contributed by atoms with Crippen molar-refractivity contribution in [1.82, 2.24) is 14.8 Å². The van der Waals surface area contributed by atoms with Crippen LogP contribution < -0.4 is 5.73 Å². The fourth-order valence-electron chi connectivity index (χ4n) is 2.32. The molecule has 1 aliphatic carbocycles. The lowest BCUT2D eigenvalue weighted by Gasteiger charge is -2.15. The van der Waals surface area contributed by atoms with Gasteiger partial charge in [0.2, 0.25) is 0 Å². The van der Waals surface area contributed by atoms with Gasteiger partial charge in [-0.1, -0.05) is 0 Å². The third-order valence-corrected chi connectivity index (χ3v) is 3.67. The van der Waals surface area contributed by atoms with Gasteiger partial charge >= 0.3 is 0 Å². The highest BCUT2D eigenvalue weighted by Crippen LogP contribution is 2.36. The molecule has 0 aromatic carbocycles. The lowest BCUT2D eigenvalue weighted by atomic mass is 10.1. The first-order chi connectivity index (χ1) is 7.27. The summed E-state index contributed by atoms with van der Waals surface area (Å²) in [4.78, 5) is 0. The molecule has 1 aliphatic heterocycles. The highest BCUT2D eigenvalue weighted by atomic mass is 15.3. The minimum absolute atomic E-state index is 0.140. The molecule has 15 heavy (non-hydrogen) atoms. The highest BCUT2D eigenvalue weighted by molar-refractivity contribution is 5.04. The van der Waals surface area contributed by atoms with Crippen LogP contribution in [-0.2, 0) is 19.4 Å². The molecule has 0 radical (unpaired) electrons. The Morgan fingerprint density at radius 3 is 2.93 bits per heavy atom. The van der Waals surface area contributed by atoms with Gasteiger partial charge in [-0.3, -0.25) is 0 Å². The second-order valence-electron chi connectivity index (χ2n) is 5.00. The predicted molar refractivity (Wildman–Crippen MR) is 57.4 cm³/mol. The number of fused-ring (bicyclic) bond motifs is 1. The van der Waals surface area contributed by atoms with Gasteiger partial charge in [-0.25, -0.2) is 0 Å². The van der Waals surface area contributed by atoms with Gasteiger partial charge in [0.05, 0.1) is 0 Å². The van der Waals surface area contributed by atoms with E-state index < -0.39 is 0 Å². The van der Waals surface area contributed by atoms with Gasteiger partial charge in [-0.2, -0.15) is 0 Å². The summed E-state index contributed by atoms with van der Waals surface area (Å²) >= 11 is 0. The number of hydrogen-bond donors (Lipinski definition) is 1. The SMILES string of the molecule is NC1(CCc2nnc3n2CCCC3)CC1. The molecule has 0 saturated heterocycles. The largest absolute Gasteiger partial charge is 0.325 e. The van der Waals surface area contributed by atoms with E-state index in [2.05, 4.69) is 14.8 Å². The Labute approximate surface area is 89.9 Å². The molecule has 0 bridgehead atoms. The van der Waals surface area contributed by atoms with Gasteiger partial charge in [0, 0.05) is 24.9 Å². The molecule has 1 aromatic heterocycles. The molecule has 1 saturated carbocycles. The topological polar surface area (TPSA) is 56.7 Å². The molecular formula is C11H18N4. The first-order valence-corrected chi connectivity index (χ1v) is 5.97. The van der Waals surface area contributed by atoms with Crippen LogP contribution in [0.4, 0.5) is 0 Å². The van der Waals surface area contributed by atoms with E-state index in [9.17, 15) is 0 Å². The van der Waals surface area contributed by atoms with E-state index >= 15 is 0 Å². The van der Waals surface area contributed by atoms with Crippen LogP contribution in [0.15, 0.2) is 0 Å². The van der Waals surface area contributed by atoms with Crippen LogP contribution in [0.25, 0.3) is 0 Å². The molecule has 0 amide bonds. The minimum atomic E-state index is 0.140. The summed E-state index contributed by atoms with van der Waals surface area (Å²) < 4.78 is 2.30. The van der Waals surface area contributed by atoms with E-state index in [1.54, 1.807) is 0 Å². The molecule has 2 aliphatic rings. The van der Waals surface area contributed by atoms with Gasteiger partial charge in [0.25, 0.3) is 0 Å². The van der Waals surface area contributed by atoms with E-state index in [1.807, 2.05) is 0 Å². The second-order valence-corrected chi connectivity index (χ2v) is 5.00. The molecule has 82 valence electrons. The fraction of sp³-hybridized carbons (Fsp3) is 0.818. The Hall–Kier alpha value is -0.900. The Bertz CT molecular complexity index is 365. The number of nitrogens with zero attached hydrogens (tertiary/aromatic N) is 3. The third-order valence-electron chi connectivity index (χ3n) is 3.67. The summed E-state index contributed by atoms with van der Waals surface area (Å²) in [6.07, 6.45) is 8.09. The predicted octanol–water partition coefficient (Wildman–Crippen LogP) is 1.04. The van der Waals surface area contributed by atoms with E-state index in [4.69, 9.17) is 5.73 Å². The van der Waals surface area contributed by atoms with Crippen molar-refractivity contribution in [2.45, 2.75) is 57.0 Å². The zero-order valence-electron chi connectivity index (χ0n) is 9.08. The molecule has 3 rings (SSSR count). The first kappa shape index (κ1) is 9.33. The lowest BCUT2D eigenvalue weighted by Crippen LogP contribution is -2.23. The second kappa shape index (κ2) is 3.30. The summed E-state index contributed by atoms with van der Waals surface area (Å²) in [5.74, 6) is 2.33. The van der Waals surface area contributed by atoms with E-state index in [0.29, 0.717) is 0 Å². The third kappa shape index (κ3) is 1.78. The van der Waals surface area contributed by atoms with Crippen molar-refractivity contribution in [2.24, 2.45) is 5.73 Å². The zero-order chi connectivity index (χ0) is 10.3. The smallest absolute Gasteiger partial charge is 0.133 e. The Morgan fingerprint density at radius 1 is 1.27 bits per heavy atom. The average Bonchev–Trinajstić information content (AvgIpc) is 2.86. The van der Waals surface area contributed by atoms with E-state index in [-0.39, 0.29) is 5.54 Å². The highest BCUT2D eigenvalue weighted by Gasteiger charge is 2.37. The van der Waals surface area contributed by atoms with Crippen LogP contribution in [0, 0.1) is 0 Å². The van der Waals surface area contributed by atoms with Crippen molar-refractivity contribution in [3.05, 3.63) is 11.6 Å². The standard InChI is InChI=1S/C11H18N4/c12-11(6-7-11)5-4-10-14-13-9-3-1-2-8-15(9)10/h1-8,12H2. The average molecular weight is 206 g/mol. The van der Waals surface area contributed by atoms with Crippen molar-refractivity contribution < 1.29 is 0 Å². The molecular weight excluding hydrogens is 188 g/mol. The van der Waals surface area contributed by atoms with Crippen molar-refractivity contribution in [3.63, 3.8) is 0 Å². The number of hydrogen-bond acceptors (Lipinski definition) is 3. The Morgan fingerprint density at radius 2 is 2.13 bits per heavy atom. The molecule has 1 aromatic rings. The van der Waals surface area contributed by atoms with Crippen LogP contribution >= 0.6 is 0 Å². The number of nitrogens with two attached hydrogens (primary N) is 1. The summed E-state index contributed by atoms with van der Waals surface area (Å²) in [5, 5.41) is 8.54. The van der Waals surface area contributed by atoms with Gasteiger partial charge in [-0.15, -0.1) is 10.2 Å². The van der Waals surface area contributed by atoms with Crippen LogP contribution in [0.2, 0.25) is 0 Å². The number of rotatable bonds is 3. The number of aromatic nitrogens is 3. The van der Waals surface area contributed by atoms with Gasteiger partial charge in [0.1, 0.15) is 11.6 Å². The molecule has 0 unspecified atom stereocenters. The molecule has 2 N–H and O–H groups in total. The van der Waals surface area contributed by atoms with E-state index in [1.165, 1.54) is 31.5 Å². The number of aryl methyl sites for hydroxylation is 2. The summed E-state index contributed by atoms with van der Waals surface area (Å²) in [6, 6.07) is 0. The van der Waals surface area contributed by atoms with Gasteiger partial charge in [0.15, 0.2) is 0 Å². The summed E-state index contributed by atoms with van der Waals surface area (Å²) in [5.41, 5.74) is 6.22. The van der Waals surface area contributed by atoms with Gasteiger partial charge < -0.3 is 10.3 Å². The molecule has 1 fully saturated rings. The molecule has 4 heteroatoms. The Balaban J connectivity index is 1.71. The molecule has 0 spiro atoms. The van der Waals surface area contributed by atoms with Gasteiger partial charge in [-0.05, 0) is 32.1 Å². The fourth-order valence-corrected chi connectivity index (χ4v) is 2.32. The normalized spacial score (nSPS) is 22.5. The first-order valence-electron chi connectivity index (χ1n) is 5.97. The maximum absolute atomic E-state index is 6.08. The van der Waals surface area contributed by atoms with Crippen molar-refractivity contribution in [3.8, 4) is 0 Å². The van der Waals surface area contributed by atoms with Crippen LogP contribution in [0.3, 0.4) is 0 Å². The minimum Gasteiger partial charge on any atom is -0.325 e. The molecule has 0 atom stereocenters. The van der Waals surface area contributed by atoms with Crippen LogP contribution in [0.1, 0.15) is 43.8 Å². The quantitative estimate of drug-likeness (QED) is 0.804. The Kier molecular flexibility index (Phi) is 2.06. The van der Waals surface area contributed by atoms with Crippen LogP contribution in [-0.4, -0.2) is 20.3 Å². The zero-order valence-corrected chi connectivity index (χ0v) is 9.08. The maximum Gasteiger partial charge on any atom is 0.133 e. The van der Waals surface area contributed by atoms with Crippen molar-refractivity contribution >= 4 is 0 Å². The summed E-state index contributed by atoms with van der Waals surface area (Å²) in [6.45, 7) is 1.11.